The van der Waals surface area contributed by atoms with E-state index in [1.165, 1.54) is 40.7 Å². The zero-order valence-corrected chi connectivity index (χ0v) is 12.1. The summed E-state index contributed by atoms with van der Waals surface area (Å²) in [5.74, 6) is 0. The Bertz CT molecular complexity index is 393. The molecule has 1 N–H and O–H groups in total. The molecular weight excluding hydrogens is 222 g/mol. The number of aryl methyl sites for hydroxylation is 2. The van der Waals surface area contributed by atoms with Gasteiger partial charge in [-0.15, -0.1) is 0 Å². The van der Waals surface area contributed by atoms with Gasteiger partial charge in [-0.1, -0.05) is 6.07 Å². The van der Waals surface area contributed by atoms with Crippen molar-refractivity contribution in [3.05, 3.63) is 33.9 Å². The van der Waals surface area contributed by atoms with Gasteiger partial charge in [0.25, 0.3) is 0 Å². The molecule has 1 saturated heterocycles. The Morgan fingerprint density at radius 3 is 2.39 bits per heavy atom. The summed E-state index contributed by atoms with van der Waals surface area (Å²) in [5, 5.41) is 3.40. The van der Waals surface area contributed by atoms with Crippen LogP contribution in [0, 0.1) is 27.7 Å². The molecule has 0 aliphatic carbocycles. The van der Waals surface area contributed by atoms with Gasteiger partial charge in [0, 0.05) is 6.54 Å². The van der Waals surface area contributed by atoms with E-state index >= 15 is 0 Å². The molecule has 2 rings (SSSR count). The molecule has 1 heterocycles. The van der Waals surface area contributed by atoms with E-state index in [0.29, 0.717) is 6.10 Å². The van der Waals surface area contributed by atoms with Crippen LogP contribution in [0.4, 0.5) is 0 Å². The van der Waals surface area contributed by atoms with Gasteiger partial charge in [-0.3, -0.25) is 0 Å². The van der Waals surface area contributed by atoms with Crippen molar-refractivity contribution in [1.29, 1.82) is 0 Å². The van der Waals surface area contributed by atoms with Crippen molar-refractivity contribution in [1.82, 2.24) is 5.32 Å². The molecule has 2 nitrogen and oxygen atoms in total. The van der Waals surface area contributed by atoms with Crippen molar-refractivity contribution in [2.45, 2.75) is 53.2 Å². The van der Waals surface area contributed by atoms with E-state index in [2.05, 4.69) is 39.1 Å². The molecule has 0 saturated carbocycles. The highest BCUT2D eigenvalue weighted by Gasteiger charge is 2.15. The van der Waals surface area contributed by atoms with E-state index in [-0.39, 0.29) is 0 Å². The Morgan fingerprint density at radius 1 is 1.17 bits per heavy atom. The average Bonchev–Trinajstić information content (AvgIpc) is 2.38. The van der Waals surface area contributed by atoms with E-state index in [1.807, 2.05) is 0 Å². The lowest BCUT2D eigenvalue weighted by Gasteiger charge is -2.24. The number of hydrogen-bond acceptors (Lipinski definition) is 2. The van der Waals surface area contributed by atoms with Gasteiger partial charge >= 0.3 is 0 Å². The molecule has 1 fully saturated rings. The Labute approximate surface area is 111 Å². The number of rotatable bonds is 3. The van der Waals surface area contributed by atoms with Gasteiger partial charge in [-0.05, 0) is 74.9 Å². The summed E-state index contributed by atoms with van der Waals surface area (Å²) in [6, 6.07) is 2.27. The van der Waals surface area contributed by atoms with Gasteiger partial charge in [0.15, 0.2) is 0 Å². The Morgan fingerprint density at radius 2 is 1.83 bits per heavy atom. The van der Waals surface area contributed by atoms with Crippen LogP contribution in [0.25, 0.3) is 0 Å². The molecule has 0 radical (unpaired) electrons. The number of ether oxygens (including phenoxy) is 1. The molecule has 2 heteroatoms. The van der Waals surface area contributed by atoms with E-state index < -0.39 is 0 Å². The van der Waals surface area contributed by atoms with Gasteiger partial charge in [0.05, 0.1) is 12.7 Å². The minimum absolute atomic E-state index is 0.387. The topological polar surface area (TPSA) is 21.3 Å². The summed E-state index contributed by atoms with van der Waals surface area (Å²) in [5.41, 5.74) is 6.92. The second-order valence-electron chi connectivity index (χ2n) is 5.52. The standard InChI is InChI=1S/C16H25NO/c1-11-8-12(2)14(4)16(13(11)3)10-18-15-6-5-7-17-9-15/h8,15,17H,5-7,9-10H2,1-4H3. The van der Waals surface area contributed by atoms with Gasteiger partial charge in [0.2, 0.25) is 0 Å². The van der Waals surface area contributed by atoms with Crippen LogP contribution in [0.2, 0.25) is 0 Å². The van der Waals surface area contributed by atoms with Crippen molar-refractivity contribution in [3.8, 4) is 0 Å². The summed E-state index contributed by atoms with van der Waals surface area (Å²) in [6.45, 7) is 11.7. The van der Waals surface area contributed by atoms with Crippen molar-refractivity contribution in [2.75, 3.05) is 13.1 Å². The molecule has 0 spiro atoms. The quantitative estimate of drug-likeness (QED) is 0.885. The Balaban J connectivity index is 2.08. The first-order valence-corrected chi connectivity index (χ1v) is 6.98. The lowest BCUT2D eigenvalue weighted by Crippen LogP contribution is -2.35. The summed E-state index contributed by atoms with van der Waals surface area (Å²) in [7, 11) is 0. The van der Waals surface area contributed by atoms with Crippen LogP contribution in [0.5, 0.6) is 0 Å². The van der Waals surface area contributed by atoms with Crippen LogP contribution < -0.4 is 5.32 Å². The fraction of sp³-hybridized carbons (Fsp3) is 0.625. The number of nitrogens with one attached hydrogen (secondary N) is 1. The molecule has 0 aromatic heterocycles. The van der Waals surface area contributed by atoms with Crippen LogP contribution >= 0.6 is 0 Å². The lowest BCUT2D eigenvalue weighted by atomic mass is 9.95. The first-order chi connectivity index (χ1) is 8.59. The number of piperidine rings is 1. The Hall–Kier alpha value is -0.860. The number of hydrogen-bond donors (Lipinski definition) is 1. The summed E-state index contributed by atoms with van der Waals surface area (Å²) >= 11 is 0. The summed E-state index contributed by atoms with van der Waals surface area (Å²) < 4.78 is 6.08. The van der Waals surface area contributed by atoms with Gasteiger partial charge in [-0.25, -0.2) is 0 Å². The van der Waals surface area contributed by atoms with Crippen LogP contribution in [0.1, 0.15) is 40.7 Å². The summed E-state index contributed by atoms with van der Waals surface area (Å²) in [6.07, 6.45) is 2.81. The molecule has 1 atom stereocenters. The van der Waals surface area contributed by atoms with Crippen molar-refractivity contribution < 1.29 is 4.74 Å². The molecule has 1 unspecified atom stereocenters. The predicted molar refractivity (Wildman–Crippen MR) is 76.1 cm³/mol. The molecule has 1 aliphatic rings. The lowest BCUT2D eigenvalue weighted by molar-refractivity contribution is 0.0248. The molecule has 1 aromatic carbocycles. The molecule has 1 aromatic rings. The maximum Gasteiger partial charge on any atom is 0.0726 e. The maximum absolute atomic E-state index is 6.08. The predicted octanol–water partition coefficient (Wildman–Crippen LogP) is 3.19. The van der Waals surface area contributed by atoms with Crippen LogP contribution in [0.15, 0.2) is 6.07 Å². The molecular formula is C16H25NO. The highest BCUT2D eigenvalue weighted by Crippen LogP contribution is 2.23. The van der Waals surface area contributed by atoms with Crippen LogP contribution in [0.3, 0.4) is 0 Å². The smallest absolute Gasteiger partial charge is 0.0726 e. The zero-order valence-electron chi connectivity index (χ0n) is 12.1. The highest BCUT2D eigenvalue weighted by molar-refractivity contribution is 5.43. The highest BCUT2D eigenvalue weighted by atomic mass is 16.5. The molecule has 100 valence electrons. The third kappa shape index (κ3) is 2.93. The molecule has 1 aliphatic heterocycles. The SMILES string of the molecule is Cc1cc(C)c(C)c(COC2CCCNC2)c1C. The second-order valence-corrected chi connectivity index (χ2v) is 5.52. The molecule has 0 amide bonds. The average molecular weight is 247 g/mol. The van der Waals surface area contributed by atoms with Gasteiger partial charge in [0.1, 0.15) is 0 Å². The third-order valence-electron chi connectivity index (χ3n) is 4.24. The van der Waals surface area contributed by atoms with E-state index in [0.717, 1.165) is 19.7 Å². The van der Waals surface area contributed by atoms with Gasteiger partial charge < -0.3 is 10.1 Å². The maximum atomic E-state index is 6.08. The van der Waals surface area contributed by atoms with Crippen LogP contribution in [-0.4, -0.2) is 19.2 Å². The van der Waals surface area contributed by atoms with E-state index in [4.69, 9.17) is 4.74 Å². The molecule has 0 bridgehead atoms. The van der Waals surface area contributed by atoms with Crippen LogP contribution in [-0.2, 0) is 11.3 Å². The normalized spacial score (nSPS) is 20.1. The first-order valence-electron chi connectivity index (χ1n) is 6.98. The minimum atomic E-state index is 0.387. The molecule has 18 heavy (non-hydrogen) atoms. The van der Waals surface area contributed by atoms with Crippen molar-refractivity contribution in [3.63, 3.8) is 0 Å². The van der Waals surface area contributed by atoms with E-state index in [9.17, 15) is 0 Å². The largest absolute Gasteiger partial charge is 0.372 e. The monoisotopic (exact) mass is 247 g/mol. The minimum Gasteiger partial charge on any atom is -0.372 e. The van der Waals surface area contributed by atoms with Crippen molar-refractivity contribution >= 4 is 0 Å². The van der Waals surface area contributed by atoms with Gasteiger partial charge in [-0.2, -0.15) is 0 Å². The first kappa shape index (κ1) is 13.6. The third-order valence-corrected chi connectivity index (χ3v) is 4.24. The summed E-state index contributed by atoms with van der Waals surface area (Å²) in [4.78, 5) is 0. The number of benzene rings is 1. The van der Waals surface area contributed by atoms with E-state index in [1.54, 1.807) is 0 Å². The fourth-order valence-corrected chi connectivity index (χ4v) is 2.68. The fourth-order valence-electron chi connectivity index (χ4n) is 2.68. The Kier molecular flexibility index (Phi) is 4.41. The second kappa shape index (κ2) is 5.85. The van der Waals surface area contributed by atoms with Crippen molar-refractivity contribution in [2.24, 2.45) is 0 Å². The zero-order chi connectivity index (χ0) is 13.1.